The van der Waals surface area contributed by atoms with Crippen LogP contribution in [0.4, 0.5) is 11.4 Å². The number of nitrogens with one attached hydrogen (secondary N) is 1. The molecule has 2 aromatic carbocycles. The van der Waals surface area contributed by atoms with Crippen molar-refractivity contribution in [2.75, 3.05) is 19.0 Å². The molecule has 0 fully saturated rings. The quantitative estimate of drug-likeness (QED) is 0.433. The van der Waals surface area contributed by atoms with E-state index in [2.05, 4.69) is 5.32 Å². The largest absolute Gasteiger partial charge is 0.495 e. The third-order valence-electron chi connectivity index (χ3n) is 3.87. The zero-order chi connectivity index (χ0) is 19.8. The van der Waals surface area contributed by atoms with Crippen molar-refractivity contribution < 1.29 is 24.0 Å². The summed E-state index contributed by atoms with van der Waals surface area (Å²) in [6.07, 6.45) is 0.136. The first-order valence-corrected chi connectivity index (χ1v) is 8.23. The van der Waals surface area contributed by atoms with Crippen molar-refractivity contribution >= 4 is 23.3 Å². The fraction of sp³-hybridized carbons (Fsp3) is 0.263. The van der Waals surface area contributed by atoms with Crippen LogP contribution in [0.25, 0.3) is 0 Å². The second-order valence-corrected chi connectivity index (χ2v) is 5.87. The molecule has 0 aliphatic rings. The predicted octanol–water partition coefficient (Wildman–Crippen LogP) is 3.28. The van der Waals surface area contributed by atoms with Crippen LogP contribution in [0.15, 0.2) is 48.5 Å². The van der Waals surface area contributed by atoms with Gasteiger partial charge in [0.2, 0.25) is 0 Å². The number of carbonyl (C=O) groups excluding carboxylic acids is 2. The lowest BCUT2D eigenvalue weighted by atomic mass is 9.98. The Morgan fingerprint density at radius 3 is 2.52 bits per heavy atom. The minimum absolute atomic E-state index is 0.0429. The van der Waals surface area contributed by atoms with Crippen LogP contribution >= 0.6 is 0 Å². The van der Waals surface area contributed by atoms with Crippen LogP contribution in [-0.4, -0.2) is 30.5 Å². The lowest BCUT2D eigenvalue weighted by Gasteiger charge is -2.12. The minimum atomic E-state index is -0.616. The fourth-order valence-electron chi connectivity index (χ4n) is 2.45. The van der Waals surface area contributed by atoms with Crippen LogP contribution < -0.4 is 10.1 Å². The Labute approximate surface area is 156 Å². The van der Waals surface area contributed by atoms with Crippen LogP contribution in [0.3, 0.4) is 0 Å². The molecule has 1 amide bonds. The lowest BCUT2D eigenvalue weighted by molar-refractivity contribution is -0.384. The van der Waals surface area contributed by atoms with Gasteiger partial charge in [-0.15, -0.1) is 0 Å². The van der Waals surface area contributed by atoms with Gasteiger partial charge in [-0.3, -0.25) is 19.7 Å². The number of hydrogen-bond acceptors (Lipinski definition) is 6. The monoisotopic (exact) mass is 372 g/mol. The number of methoxy groups -OCH3 is 1. The van der Waals surface area contributed by atoms with Gasteiger partial charge in [-0.2, -0.15) is 0 Å². The molecule has 1 atom stereocenters. The zero-order valence-electron chi connectivity index (χ0n) is 15.0. The van der Waals surface area contributed by atoms with Gasteiger partial charge in [-0.25, -0.2) is 0 Å². The molecule has 142 valence electrons. The molecule has 0 bridgehead atoms. The standard InChI is InChI=1S/C19H20N2O6/c1-13(14-6-4-3-5-7-14)10-19(23)27-12-18(22)20-16-11-15(21(24)25)8-9-17(16)26-2/h3-9,11,13H,10,12H2,1-2H3,(H,20,22)/t13-/m1/s1. The maximum atomic E-state index is 12.0. The van der Waals surface area contributed by atoms with Crippen LogP contribution in [0, 0.1) is 10.1 Å². The van der Waals surface area contributed by atoms with E-state index in [1.165, 1.54) is 25.3 Å². The van der Waals surface area contributed by atoms with Crippen molar-refractivity contribution in [1.82, 2.24) is 0 Å². The Morgan fingerprint density at radius 2 is 1.89 bits per heavy atom. The Balaban J connectivity index is 1.89. The maximum absolute atomic E-state index is 12.0. The summed E-state index contributed by atoms with van der Waals surface area (Å²) in [6.45, 7) is 1.40. The van der Waals surface area contributed by atoms with Gasteiger partial charge in [0.1, 0.15) is 5.75 Å². The topological polar surface area (TPSA) is 108 Å². The normalized spacial score (nSPS) is 11.3. The summed E-state index contributed by atoms with van der Waals surface area (Å²) < 4.78 is 10.1. The van der Waals surface area contributed by atoms with E-state index in [0.717, 1.165) is 5.56 Å². The fourth-order valence-corrected chi connectivity index (χ4v) is 2.45. The Hall–Kier alpha value is -3.42. The number of amides is 1. The molecule has 0 aliphatic heterocycles. The number of carbonyl (C=O) groups is 2. The number of rotatable bonds is 8. The van der Waals surface area contributed by atoms with Crippen LogP contribution in [-0.2, 0) is 14.3 Å². The van der Waals surface area contributed by atoms with Gasteiger partial charge < -0.3 is 14.8 Å². The van der Waals surface area contributed by atoms with Gasteiger partial charge in [0.05, 0.1) is 24.1 Å². The number of nitrogens with zero attached hydrogens (tertiary/aromatic N) is 1. The molecule has 0 radical (unpaired) electrons. The lowest BCUT2D eigenvalue weighted by Crippen LogP contribution is -2.21. The molecule has 1 N–H and O–H groups in total. The summed E-state index contributed by atoms with van der Waals surface area (Å²) in [6, 6.07) is 13.3. The first-order valence-electron chi connectivity index (χ1n) is 8.23. The molecule has 2 rings (SSSR count). The van der Waals surface area contributed by atoms with Crippen molar-refractivity contribution in [3.8, 4) is 5.75 Å². The maximum Gasteiger partial charge on any atom is 0.306 e. The van der Waals surface area contributed by atoms with E-state index in [4.69, 9.17) is 9.47 Å². The van der Waals surface area contributed by atoms with E-state index in [1.807, 2.05) is 37.3 Å². The Morgan fingerprint density at radius 1 is 1.19 bits per heavy atom. The average molecular weight is 372 g/mol. The van der Waals surface area contributed by atoms with Gasteiger partial charge in [0.25, 0.3) is 11.6 Å². The predicted molar refractivity (Wildman–Crippen MR) is 98.7 cm³/mol. The van der Waals surface area contributed by atoms with Gasteiger partial charge in [-0.1, -0.05) is 37.3 Å². The zero-order valence-corrected chi connectivity index (χ0v) is 15.0. The third kappa shape index (κ3) is 5.81. The molecule has 0 spiro atoms. The number of ether oxygens (including phenoxy) is 2. The molecule has 8 heteroatoms. The number of anilines is 1. The molecular weight excluding hydrogens is 352 g/mol. The van der Waals surface area contributed by atoms with Crippen LogP contribution in [0.2, 0.25) is 0 Å². The smallest absolute Gasteiger partial charge is 0.306 e. The summed E-state index contributed by atoms with van der Waals surface area (Å²) >= 11 is 0. The van der Waals surface area contributed by atoms with E-state index < -0.39 is 23.4 Å². The number of nitro benzene ring substituents is 1. The second-order valence-electron chi connectivity index (χ2n) is 5.87. The molecule has 0 saturated heterocycles. The molecule has 0 unspecified atom stereocenters. The molecule has 8 nitrogen and oxygen atoms in total. The Bertz CT molecular complexity index is 822. The number of esters is 1. The number of non-ortho nitro benzene ring substituents is 1. The van der Waals surface area contributed by atoms with E-state index in [1.54, 1.807) is 0 Å². The highest BCUT2D eigenvalue weighted by Crippen LogP contribution is 2.28. The minimum Gasteiger partial charge on any atom is -0.495 e. The molecule has 0 saturated carbocycles. The molecule has 27 heavy (non-hydrogen) atoms. The van der Waals surface area contributed by atoms with E-state index in [9.17, 15) is 19.7 Å². The molecule has 0 aliphatic carbocycles. The molecule has 0 aromatic heterocycles. The average Bonchev–Trinajstić information content (AvgIpc) is 2.67. The van der Waals surface area contributed by atoms with E-state index >= 15 is 0 Å². The summed E-state index contributed by atoms with van der Waals surface area (Å²) in [5.74, 6) is -0.904. The van der Waals surface area contributed by atoms with Crippen molar-refractivity contribution in [3.63, 3.8) is 0 Å². The van der Waals surface area contributed by atoms with E-state index in [-0.39, 0.29) is 29.5 Å². The van der Waals surface area contributed by atoms with Gasteiger partial charge >= 0.3 is 5.97 Å². The highest BCUT2D eigenvalue weighted by molar-refractivity contribution is 5.94. The van der Waals surface area contributed by atoms with Crippen molar-refractivity contribution in [2.24, 2.45) is 0 Å². The summed E-state index contributed by atoms with van der Waals surface area (Å²) in [7, 11) is 1.38. The van der Waals surface area contributed by atoms with Gasteiger partial charge in [0.15, 0.2) is 6.61 Å². The van der Waals surface area contributed by atoms with Gasteiger partial charge in [-0.05, 0) is 17.5 Å². The van der Waals surface area contributed by atoms with Crippen LogP contribution in [0.1, 0.15) is 24.8 Å². The van der Waals surface area contributed by atoms with Crippen molar-refractivity contribution in [1.29, 1.82) is 0 Å². The SMILES string of the molecule is COc1ccc([N+](=O)[O-])cc1NC(=O)COC(=O)C[C@@H](C)c1ccccc1. The van der Waals surface area contributed by atoms with Gasteiger partial charge in [0, 0.05) is 12.1 Å². The van der Waals surface area contributed by atoms with E-state index in [0.29, 0.717) is 0 Å². The molecule has 0 heterocycles. The first-order chi connectivity index (χ1) is 12.9. The summed E-state index contributed by atoms with van der Waals surface area (Å²) in [5, 5.41) is 13.3. The highest BCUT2D eigenvalue weighted by atomic mass is 16.6. The van der Waals surface area contributed by atoms with Crippen LogP contribution in [0.5, 0.6) is 5.75 Å². The van der Waals surface area contributed by atoms with Crippen molar-refractivity contribution in [3.05, 3.63) is 64.2 Å². The summed E-state index contributed by atoms with van der Waals surface area (Å²) in [5.41, 5.74) is 0.936. The Kier molecular flexibility index (Phi) is 6.87. The summed E-state index contributed by atoms with van der Waals surface area (Å²) in [4.78, 5) is 34.2. The molecular formula is C19H20N2O6. The number of hydrogen-bond donors (Lipinski definition) is 1. The second kappa shape index (κ2) is 9.33. The number of nitro groups is 1. The third-order valence-corrected chi connectivity index (χ3v) is 3.87. The van der Waals surface area contributed by atoms with Crippen molar-refractivity contribution in [2.45, 2.75) is 19.3 Å². The first kappa shape index (κ1) is 19.9. The number of benzene rings is 2. The highest BCUT2D eigenvalue weighted by Gasteiger charge is 2.16. The molecule has 2 aromatic rings.